The van der Waals surface area contributed by atoms with Gasteiger partial charge in [0.25, 0.3) is 0 Å². The van der Waals surface area contributed by atoms with Crippen LogP contribution < -0.4 is 21.7 Å². The van der Waals surface area contributed by atoms with Crippen LogP contribution in [0.25, 0.3) is 0 Å². The zero-order chi connectivity index (χ0) is 22.9. The van der Waals surface area contributed by atoms with E-state index in [2.05, 4.69) is 28.6 Å². The van der Waals surface area contributed by atoms with Gasteiger partial charge >= 0.3 is 5.97 Å². The van der Waals surface area contributed by atoms with E-state index in [1.54, 1.807) is 6.92 Å². The number of hydrogen-bond acceptors (Lipinski definition) is 6. The summed E-state index contributed by atoms with van der Waals surface area (Å²) in [6.07, 6.45) is 0.935. The van der Waals surface area contributed by atoms with Crippen molar-refractivity contribution < 1.29 is 24.3 Å². The molecule has 0 fully saturated rings. The number of carboxylic acids is 1. The lowest BCUT2D eigenvalue weighted by atomic mass is 9.96. The fourth-order valence-electron chi connectivity index (χ4n) is 2.45. The van der Waals surface area contributed by atoms with E-state index in [1.807, 2.05) is 20.8 Å². The van der Waals surface area contributed by atoms with Gasteiger partial charge in [0.1, 0.15) is 18.1 Å². The third-order valence-electron chi connectivity index (χ3n) is 4.50. The van der Waals surface area contributed by atoms with Crippen LogP contribution in [0.2, 0.25) is 0 Å². The zero-order valence-electron chi connectivity index (χ0n) is 18.1. The first kappa shape index (κ1) is 27.2. The van der Waals surface area contributed by atoms with Crippen molar-refractivity contribution in [2.75, 3.05) is 5.75 Å². The Morgan fingerprint density at radius 3 is 1.93 bits per heavy atom. The van der Waals surface area contributed by atoms with E-state index in [9.17, 15) is 19.2 Å². The van der Waals surface area contributed by atoms with Gasteiger partial charge in [-0.05, 0) is 32.1 Å². The highest BCUT2D eigenvalue weighted by Crippen LogP contribution is 2.12. The first-order valence-electron chi connectivity index (χ1n) is 9.78. The van der Waals surface area contributed by atoms with Crippen LogP contribution in [-0.2, 0) is 19.2 Å². The first-order valence-corrected chi connectivity index (χ1v) is 10.4. The first-order chi connectivity index (χ1) is 13.2. The van der Waals surface area contributed by atoms with E-state index in [-0.39, 0.29) is 17.6 Å². The largest absolute Gasteiger partial charge is 0.480 e. The predicted octanol–water partition coefficient (Wildman–Crippen LogP) is 0.285. The minimum absolute atomic E-state index is 0.0835. The molecule has 4 atom stereocenters. The van der Waals surface area contributed by atoms with Crippen molar-refractivity contribution in [3.05, 3.63) is 0 Å². The van der Waals surface area contributed by atoms with Crippen molar-refractivity contribution in [2.24, 2.45) is 17.6 Å². The summed E-state index contributed by atoms with van der Waals surface area (Å²) in [6.45, 7) is 10.5. The number of carboxylic acid groups (broad SMARTS) is 1. The average molecular weight is 433 g/mol. The van der Waals surface area contributed by atoms with Gasteiger partial charge in [0, 0.05) is 5.75 Å². The molecule has 168 valence electrons. The summed E-state index contributed by atoms with van der Waals surface area (Å²) in [6, 6.07) is -2.99. The molecule has 29 heavy (non-hydrogen) atoms. The minimum Gasteiger partial charge on any atom is -0.480 e. The van der Waals surface area contributed by atoms with Gasteiger partial charge in [-0.3, -0.25) is 14.4 Å². The highest BCUT2D eigenvalue weighted by atomic mass is 32.1. The lowest BCUT2D eigenvalue weighted by molar-refractivity contribution is -0.142. The summed E-state index contributed by atoms with van der Waals surface area (Å²) in [5.41, 5.74) is 4.64. The molecule has 0 saturated heterocycles. The Hall–Kier alpha value is -1.81. The number of hydrogen-bond donors (Lipinski definition) is 6. The lowest BCUT2D eigenvalue weighted by Crippen LogP contribution is -2.60. The molecule has 0 spiro atoms. The second-order valence-corrected chi connectivity index (χ2v) is 8.70. The highest BCUT2D eigenvalue weighted by Gasteiger charge is 2.33. The van der Waals surface area contributed by atoms with Gasteiger partial charge in [0.2, 0.25) is 17.7 Å². The molecule has 0 saturated carbocycles. The Bertz CT molecular complexity index is 592. The molecule has 0 aromatic rings. The summed E-state index contributed by atoms with van der Waals surface area (Å²) in [4.78, 5) is 49.0. The number of nitrogens with two attached hydrogens (primary N) is 1. The Kier molecular flexibility index (Phi) is 11.3. The molecule has 0 aromatic carbocycles. The SMILES string of the molecule is CC[C@H](C)[C@H](NC(=O)[C@H](CC(C)C)NC(=O)C(C)(C)N)C(=O)N[C@@H](CS)C(=O)O. The number of amides is 3. The molecular formula is C19H36N4O5S. The van der Waals surface area contributed by atoms with Gasteiger partial charge in [-0.15, -0.1) is 0 Å². The number of nitrogens with one attached hydrogen (secondary N) is 3. The van der Waals surface area contributed by atoms with E-state index in [0.29, 0.717) is 12.8 Å². The average Bonchev–Trinajstić information content (AvgIpc) is 2.60. The second-order valence-electron chi connectivity index (χ2n) is 8.33. The quantitative estimate of drug-likeness (QED) is 0.244. The Labute approximate surface area is 178 Å². The Morgan fingerprint density at radius 2 is 1.55 bits per heavy atom. The van der Waals surface area contributed by atoms with Crippen molar-refractivity contribution in [3.63, 3.8) is 0 Å². The highest BCUT2D eigenvalue weighted by molar-refractivity contribution is 7.80. The van der Waals surface area contributed by atoms with E-state index in [1.165, 1.54) is 13.8 Å². The van der Waals surface area contributed by atoms with Gasteiger partial charge in [0.15, 0.2) is 0 Å². The standard InChI is InChI=1S/C19H36N4O5S/c1-7-11(4)14(16(25)21-13(9-29)17(26)27)23-15(24)12(8-10(2)3)22-18(28)19(5,6)20/h10-14,29H,7-9,20H2,1-6H3,(H,21,25)(H,22,28)(H,23,24)(H,26,27)/t11-,12-,13-,14-/m0/s1. The molecule has 0 aliphatic carbocycles. The molecule has 0 unspecified atom stereocenters. The molecular weight excluding hydrogens is 396 g/mol. The molecule has 6 N–H and O–H groups in total. The fourth-order valence-corrected chi connectivity index (χ4v) is 2.70. The number of carbonyl (C=O) groups excluding carboxylic acids is 3. The summed E-state index contributed by atoms with van der Waals surface area (Å²) in [5, 5.41) is 16.8. The molecule has 0 aliphatic heterocycles. The fraction of sp³-hybridized carbons (Fsp3) is 0.789. The molecule has 0 radical (unpaired) electrons. The number of carbonyl (C=O) groups is 4. The van der Waals surface area contributed by atoms with Gasteiger partial charge in [-0.1, -0.05) is 34.1 Å². The van der Waals surface area contributed by atoms with Crippen LogP contribution in [0.15, 0.2) is 0 Å². The second kappa shape index (κ2) is 12.0. The monoisotopic (exact) mass is 432 g/mol. The van der Waals surface area contributed by atoms with Crippen LogP contribution in [-0.4, -0.2) is 58.2 Å². The van der Waals surface area contributed by atoms with E-state index in [0.717, 1.165) is 0 Å². The topological polar surface area (TPSA) is 151 Å². The van der Waals surface area contributed by atoms with Gasteiger partial charge in [-0.25, -0.2) is 4.79 Å². The maximum Gasteiger partial charge on any atom is 0.327 e. The molecule has 0 heterocycles. The summed E-state index contributed by atoms with van der Waals surface area (Å²) < 4.78 is 0. The molecule has 0 aliphatic rings. The molecule has 10 heteroatoms. The van der Waals surface area contributed by atoms with E-state index < -0.39 is 47.4 Å². The number of thiol groups is 1. The van der Waals surface area contributed by atoms with Crippen LogP contribution in [0.1, 0.15) is 54.4 Å². The van der Waals surface area contributed by atoms with Gasteiger partial charge < -0.3 is 26.8 Å². The third kappa shape index (κ3) is 9.49. The van der Waals surface area contributed by atoms with Crippen LogP contribution in [0.5, 0.6) is 0 Å². The lowest BCUT2D eigenvalue weighted by Gasteiger charge is -2.29. The number of rotatable bonds is 12. The molecule has 0 bridgehead atoms. The van der Waals surface area contributed by atoms with Crippen LogP contribution in [0.4, 0.5) is 0 Å². The van der Waals surface area contributed by atoms with Crippen molar-refractivity contribution in [3.8, 4) is 0 Å². The van der Waals surface area contributed by atoms with Crippen LogP contribution in [0, 0.1) is 11.8 Å². The van der Waals surface area contributed by atoms with Crippen molar-refractivity contribution >= 4 is 36.3 Å². The maximum absolute atomic E-state index is 12.9. The minimum atomic E-state index is -1.21. The predicted molar refractivity (Wildman–Crippen MR) is 114 cm³/mol. The molecule has 0 aromatic heterocycles. The maximum atomic E-state index is 12.9. The van der Waals surface area contributed by atoms with Gasteiger partial charge in [-0.2, -0.15) is 12.6 Å². The van der Waals surface area contributed by atoms with Crippen molar-refractivity contribution in [1.82, 2.24) is 16.0 Å². The summed E-state index contributed by atoms with van der Waals surface area (Å²) in [7, 11) is 0. The van der Waals surface area contributed by atoms with Crippen molar-refractivity contribution in [1.29, 1.82) is 0 Å². The Morgan fingerprint density at radius 1 is 1.00 bits per heavy atom. The molecule has 0 rings (SSSR count). The van der Waals surface area contributed by atoms with Gasteiger partial charge in [0.05, 0.1) is 5.54 Å². The normalized spacial score (nSPS) is 15.8. The summed E-state index contributed by atoms with van der Waals surface area (Å²) >= 11 is 3.94. The van der Waals surface area contributed by atoms with Crippen LogP contribution in [0.3, 0.4) is 0 Å². The smallest absolute Gasteiger partial charge is 0.327 e. The van der Waals surface area contributed by atoms with E-state index >= 15 is 0 Å². The van der Waals surface area contributed by atoms with Crippen molar-refractivity contribution in [2.45, 2.75) is 78.0 Å². The Balaban J connectivity index is 5.49. The van der Waals surface area contributed by atoms with E-state index in [4.69, 9.17) is 10.8 Å². The third-order valence-corrected chi connectivity index (χ3v) is 4.87. The zero-order valence-corrected chi connectivity index (χ0v) is 19.0. The number of aliphatic carboxylic acids is 1. The molecule has 9 nitrogen and oxygen atoms in total. The summed E-state index contributed by atoms with van der Waals surface area (Å²) in [5.74, 6) is -3.06. The molecule has 3 amide bonds. The van der Waals surface area contributed by atoms with Crippen LogP contribution >= 0.6 is 12.6 Å².